The summed E-state index contributed by atoms with van der Waals surface area (Å²) in [6, 6.07) is 8.22. The van der Waals surface area contributed by atoms with E-state index in [0.29, 0.717) is 0 Å². The third-order valence-corrected chi connectivity index (χ3v) is 4.80. The first kappa shape index (κ1) is 14.0. The quantitative estimate of drug-likeness (QED) is 0.915. The molecule has 1 aromatic rings. The molecule has 1 heterocycles. The number of hydrogen-bond donors (Lipinski definition) is 1. The monoisotopic (exact) mass is 280 g/mol. The van der Waals surface area contributed by atoms with Gasteiger partial charge in [0.2, 0.25) is 0 Å². The number of benzene rings is 1. The van der Waals surface area contributed by atoms with Gasteiger partial charge in [0, 0.05) is 30.7 Å². The van der Waals surface area contributed by atoms with Crippen molar-refractivity contribution in [1.29, 1.82) is 0 Å². The van der Waals surface area contributed by atoms with Crippen molar-refractivity contribution in [1.82, 2.24) is 10.2 Å². The molecular formula is C16H22F2N2. The Morgan fingerprint density at radius 3 is 2.55 bits per heavy atom. The Kier molecular flexibility index (Phi) is 3.78. The fraction of sp³-hybridized carbons (Fsp3) is 0.625. The molecular weight excluding hydrogens is 258 g/mol. The zero-order valence-corrected chi connectivity index (χ0v) is 11.7. The summed E-state index contributed by atoms with van der Waals surface area (Å²) >= 11 is 0. The van der Waals surface area contributed by atoms with E-state index in [9.17, 15) is 8.78 Å². The Morgan fingerprint density at radius 1 is 1.15 bits per heavy atom. The van der Waals surface area contributed by atoms with Crippen molar-refractivity contribution in [3.05, 3.63) is 35.9 Å². The summed E-state index contributed by atoms with van der Waals surface area (Å²) in [5.41, 5.74) is 0.0999. The van der Waals surface area contributed by atoms with Crippen molar-refractivity contribution >= 4 is 0 Å². The average Bonchev–Trinajstić information content (AvgIpc) is 2.92. The Hall–Kier alpha value is -1.00. The normalized spacial score (nSPS) is 23.3. The molecule has 0 amide bonds. The van der Waals surface area contributed by atoms with Gasteiger partial charge in [0.25, 0.3) is 5.92 Å². The van der Waals surface area contributed by atoms with Crippen LogP contribution in [0.15, 0.2) is 30.3 Å². The number of hydrogen-bond acceptors (Lipinski definition) is 2. The van der Waals surface area contributed by atoms with Crippen LogP contribution in [0.4, 0.5) is 8.78 Å². The Bertz CT molecular complexity index is 441. The zero-order chi connectivity index (χ0) is 14.1. The lowest BCUT2D eigenvalue weighted by atomic mass is 9.91. The second kappa shape index (κ2) is 5.41. The van der Waals surface area contributed by atoms with Crippen LogP contribution in [0.2, 0.25) is 0 Å². The van der Waals surface area contributed by atoms with Gasteiger partial charge >= 0.3 is 0 Å². The molecule has 20 heavy (non-hydrogen) atoms. The molecule has 110 valence electrons. The molecule has 2 nitrogen and oxygen atoms in total. The summed E-state index contributed by atoms with van der Waals surface area (Å²) in [6.07, 6.45) is 4.42. The van der Waals surface area contributed by atoms with Crippen LogP contribution in [-0.2, 0) is 5.92 Å². The molecule has 2 aliphatic rings. The summed E-state index contributed by atoms with van der Waals surface area (Å²) in [5.74, 6) is -2.77. The number of halogens is 2. The van der Waals surface area contributed by atoms with Crippen LogP contribution in [-0.4, -0.2) is 36.6 Å². The molecule has 0 aromatic heterocycles. The van der Waals surface area contributed by atoms with E-state index in [1.165, 1.54) is 12.1 Å². The van der Waals surface area contributed by atoms with Crippen LogP contribution in [0.5, 0.6) is 0 Å². The molecule has 1 aromatic carbocycles. The van der Waals surface area contributed by atoms with Crippen molar-refractivity contribution < 1.29 is 8.78 Å². The molecule has 1 aliphatic heterocycles. The molecule has 1 saturated heterocycles. The van der Waals surface area contributed by atoms with E-state index in [1.807, 2.05) is 4.90 Å². The van der Waals surface area contributed by atoms with Crippen LogP contribution in [0.3, 0.4) is 0 Å². The fourth-order valence-electron chi connectivity index (χ4n) is 3.67. The molecule has 1 aliphatic carbocycles. The van der Waals surface area contributed by atoms with E-state index in [1.54, 1.807) is 18.2 Å². The Morgan fingerprint density at radius 2 is 1.85 bits per heavy atom. The van der Waals surface area contributed by atoms with Crippen LogP contribution in [0.25, 0.3) is 0 Å². The van der Waals surface area contributed by atoms with E-state index in [4.69, 9.17) is 0 Å². The van der Waals surface area contributed by atoms with Gasteiger partial charge in [-0.3, -0.25) is 4.90 Å². The van der Waals surface area contributed by atoms with Crippen molar-refractivity contribution in [3.63, 3.8) is 0 Å². The summed E-state index contributed by atoms with van der Waals surface area (Å²) < 4.78 is 29.0. The second-order valence-electron chi connectivity index (χ2n) is 6.10. The van der Waals surface area contributed by atoms with Crippen LogP contribution < -0.4 is 5.32 Å². The first-order chi connectivity index (χ1) is 9.62. The molecule has 0 radical (unpaired) electrons. The molecule has 4 heteroatoms. The highest BCUT2D eigenvalue weighted by Crippen LogP contribution is 2.39. The van der Waals surface area contributed by atoms with E-state index < -0.39 is 5.92 Å². The lowest BCUT2D eigenvalue weighted by Gasteiger charge is -2.46. The van der Waals surface area contributed by atoms with E-state index >= 15 is 0 Å². The van der Waals surface area contributed by atoms with Gasteiger partial charge in [0.1, 0.15) is 0 Å². The van der Waals surface area contributed by atoms with Gasteiger partial charge in [0.15, 0.2) is 0 Å². The SMILES string of the molecule is FC(F)(CN1CCNCC12CCCC2)c1ccccc1. The Labute approximate surface area is 119 Å². The molecule has 1 saturated carbocycles. The van der Waals surface area contributed by atoms with Gasteiger partial charge in [-0.05, 0) is 12.8 Å². The third-order valence-electron chi connectivity index (χ3n) is 4.80. The topological polar surface area (TPSA) is 15.3 Å². The second-order valence-corrected chi connectivity index (χ2v) is 6.10. The van der Waals surface area contributed by atoms with Gasteiger partial charge in [-0.2, -0.15) is 8.78 Å². The van der Waals surface area contributed by atoms with E-state index in [0.717, 1.165) is 45.3 Å². The molecule has 2 fully saturated rings. The molecule has 3 rings (SSSR count). The number of piperazine rings is 1. The number of alkyl halides is 2. The minimum Gasteiger partial charge on any atom is -0.314 e. The van der Waals surface area contributed by atoms with Gasteiger partial charge in [0.05, 0.1) is 6.54 Å². The van der Waals surface area contributed by atoms with Crippen LogP contribution in [0, 0.1) is 0 Å². The lowest BCUT2D eigenvalue weighted by Crippen LogP contribution is -2.61. The molecule has 1 N–H and O–H groups in total. The summed E-state index contributed by atoms with van der Waals surface area (Å²) in [7, 11) is 0. The molecule has 0 unspecified atom stereocenters. The predicted octanol–water partition coefficient (Wildman–Crippen LogP) is 3.00. The van der Waals surface area contributed by atoms with Gasteiger partial charge in [-0.15, -0.1) is 0 Å². The van der Waals surface area contributed by atoms with Crippen molar-refractivity contribution in [2.75, 3.05) is 26.2 Å². The highest BCUT2D eigenvalue weighted by Gasteiger charge is 2.45. The largest absolute Gasteiger partial charge is 0.314 e. The molecule has 1 spiro atoms. The summed E-state index contributed by atoms with van der Waals surface area (Å²) in [6.45, 7) is 2.24. The highest BCUT2D eigenvalue weighted by molar-refractivity contribution is 5.20. The zero-order valence-electron chi connectivity index (χ0n) is 11.7. The van der Waals surface area contributed by atoms with Crippen molar-refractivity contribution in [2.45, 2.75) is 37.1 Å². The molecule has 0 bridgehead atoms. The highest BCUT2D eigenvalue weighted by atomic mass is 19.3. The maximum atomic E-state index is 14.5. The summed E-state index contributed by atoms with van der Waals surface area (Å²) in [4.78, 5) is 2.05. The number of nitrogens with zero attached hydrogens (tertiary/aromatic N) is 1. The summed E-state index contributed by atoms with van der Waals surface area (Å²) in [5, 5.41) is 3.39. The lowest BCUT2D eigenvalue weighted by molar-refractivity contribution is -0.0737. The van der Waals surface area contributed by atoms with Crippen LogP contribution in [0.1, 0.15) is 31.2 Å². The number of nitrogens with one attached hydrogen (secondary N) is 1. The van der Waals surface area contributed by atoms with E-state index in [-0.39, 0.29) is 17.6 Å². The smallest absolute Gasteiger partial charge is 0.285 e. The minimum absolute atomic E-state index is 0.0313. The maximum absolute atomic E-state index is 14.5. The predicted molar refractivity (Wildman–Crippen MR) is 76.0 cm³/mol. The third kappa shape index (κ3) is 2.59. The fourth-order valence-corrected chi connectivity index (χ4v) is 3.67. The van der Waals surface area contributed by atoms with Crippen molar-refractivity contribution in [3.8, 4) is 0 Å². The first-order valence-electron chi connectivity index (χ1n) is 7.52. The maximum Gasteiger partial charge on any atom is 0.285 e. The van der Waals surface area contributed by atoms with Gasteiger partial charge in [-0.25, -0.2) is 0 Å². The van der Waals surface area contributed by atoms with Gasteiger partial charge < -0.3 is 5.32 Å². The Balaban J connectivity index is 1.78. The minimum atomic E-state index is -2.77. The number of rotatable bonds is 3. The standard InChI is InChI=1S/C16H22F2N2/c17-16(18,14-6-2-1-3-7-14)13-20-11-10-19-12-15(20)8-4-5-9-15/h1-3,6-7,19H,4-5,8-13H2. The van der Waals surface area contributed by atoms with Crippen molar-refractivity contribution in [2.24, 2.45) is 0 Å². The first-order valence-corrected chi connectivity index (χ1v) is 7.52. The van der Waals surface area contributed by atoms with Gasteiger partial charge in [-0.1, -0.05) is 43.2 Å². The molecule has 0 atom stereocenters. The average molecular weight is 280 g/mol. The van der Waals surface area contributed by atoms with E-state index in [2.05, 4.69) is 5.32 Å². The van der Waals surface area contributed by atoms with Crippen LogP contribution >= 0.6 is 0 Å².